The van der Waals surface area contributed by atoms with Crippen LogP contribution in [0.5, 0.6) is 0 Å². The highest BCUT2D eigenvalue weighted by Gasteiger charge is 2.37. The zero-order valence-corrected chi connectivity index (χ0v) is 48.6. The minimum Gasteiger partial charge on any atom is -0.310 e. The first-order valence-electron chi connectivity index (χ1n) is 30.2. The summed E-state index contributed by atoms with van der Waals surface area (Å²) in [4.78, 5) is 5.00. The molecule has 2 aliphatic carbocycles. The van der Waals surface area contributed by atoms with Gasteiger partial charge in [-0.1, -0.05) is 246 Å². The summed E-state index contributed by atoms with van der Waals surface area (Å²) in [7, 11) is 0. The molecule has 0 unspecified atom stereocenters. The highest BCUT2D eigenvalue weighted by molar-refractivity contribution is 6.26. The Morgan fingerprint density at radius 3 is 0.965 bits per heavy atom. The van der Waals surface area contributed by atoms with Gasteiger partial charge in [-0.2, -0.15) is 0 Å². The molecular formula is C84H60N2. The van der Waals surface area contributed by atoms with Crippen molar-refractivity contribution in [3.8, 4) is 44.5 Å². The fourth-order valence-electron chi connectivity index (χ4n) is 15.1. The lowest BCUT2D eigenvalue weighted by molar-refractivity contribution is 0.660. The van der Waals surface area contributed by atoms with Gasteiger partial charge in [-0.05, 0) is 204 Å². The topological polar surface area (TPSA) is 6.48 Å². The van der Waals surface area contributed by atoms with Crippen LogP contribution in [-0.4, -0.2) is 0 Å². The van der Waals surface area contributed by atoms with E-state index in [4.69, 9.17) is 0 Å². The first-order valence-corrected chi connectivity index (χ1v) is 30.2. The van der Waals surface area contributed by atoms with Crippen LogP contribution in [0.4, 0.5) is 34.1 Å². The molecule has 0 N–H and O–H groups in total. The second kappa shape index (κ2) is 19.0. The van der Waals surface area contributed by atoms with Crippen LogP contribution in [0.3, 0.4) is 0 Å². The van der Waals surface area contributed by atoms with Crippen molar-refractivity contribution in [2.75, 3.05) is 9.80 Å². The predicted octanol–water partition coefficient (Wildman–Crippen LogP) is 23.5. The van der Waals surface area contributed by atoms with Gasteiger partial charge < -0.3 is 9.80 Å². The molecule has 0 aliphatic heterocycles. The van der Waals surface area contributed by atoms with E-state index in [1.165, 1.54) is 131 Å². The first kappa shape index (κ1) is 50.0. The van der Waals surface area contributed by atoms with E-state index in [0.29, 0.717) is 0 Å². The van der Waals surface area contributed by atoms with Gasteiger partial charge >= 0.3 is 0 Å². The maximum absolute atomic E-state index is 2.50. The Kier molecular flexibility index (Phi) is 11.0. The average molecular weight is 1100 g/mol. The van der Waals surface area contributed by atoms with Crippen LogP contribution in [-0.2, 0) is 10.8 Å². The molecule has 0 saturated heterocycles. The van der Waals surface area contributed by atoms with Crippen molar-refractivity contribution in [3.63, 3.8) is 0 Å². The Bertz CT molecular complexity index is 4990. The molecule has 0 radical (unpaired) electrons. The minimum absolute atomic E-state index is 0.181. The van der Waals surface area contributed by atoms with Gasteiger partial charge in [0.05, 0.1) is 0 Å². The minimum atomic E-state index is -0.181. The second-order valence-corrected chi connectivity index (χ2v) is 24.8. The van der Waals surface area contributed by atoms with Crippen molar-refractivity contribution in [3.05, 3.63) is 313 Å². The third kappa shape index (κ3) is 7.59. The third-order valence-electron chi connectivity index (χ3n) is 19.4. The standard InChI is InChI=1S/C84H60N2/c1-83(2)77-33-15-13-29-67(77)69-43-39-63(51-79(69)83)85(59-37-35-53-19-5-7-23-57(53)47-59)61-41-45-73-75(49-61)81(71-31-17-25-55-21-9-11-27-65(55)71)74-46-42-62(50-76(74)82(73)72-32-18-26-56-22-10-12-28-66(56)72)86(60-38-36-54-20-6-8-24-58(54)48-60)64-40-44-70-68-30-14-16-34-78(68)84(3,4)80(70)52-64/h5-52H,1-4H3. The molecule has 2 nitrogen and oxygen atoms in total. The maximum Gasteiger partial charge on any atom is 0.0468 e. The van der Waals surface area contributed by atoms with Crippen molar-refractivity contribution in [1.82, 2.24) is 0 Å². The number of rotatable bonds is 8. The number of benzene rings is 15. The van der Waals surface area contributed by atoms with Gasteiger partial charge in [0.25, 0.3) is 0 Å². The summed E-state index contributed by atoms with van der Waals surface area (Å²) >= 11 is 0. The summed E-state index contributed by atoms with van der Waals surface area (Å²) < 4.78 is 0. The summed E-state index contributed by atoms with van der Waals surface area (Å²) in [5, 5.41) is 14.5. The van der Waals surface area contributed by atoms with E-state index >= 15 is 0 Å². The summed E-state index contributed by atoms with van der Waals surface area (Å²) in [5.74, 6) is 0. The largest absolute Gasteiger partial charge is 0.310 e. The maximum atomic E-state index is 2.50. The van der Waals surface area contributed by atoms with Crippen molar-refractivity contribution in [2.45, 2.75) is 38.5 Å². The van der Waals surface area contributed by atoms with Gasteiger partial charge in [-0.3, -0.25) is 0 Å². The number of nitrogens with zero attached hydrogens (tertiary/aromatic N) is 2. The van der Waals surface area contributed by atoms with Crippen LogP contribution >= 0.6 is 0 Å². The molecule has 0 heterocycles. The van der Waals surface area contributed by atoms with Crippen LogP contribution in [0.1, 0.15) is 49.9 Å². The molecular weight excluding hydrogens is 1040 g/mol. The fraction of sp³-hybridized carbons (Fsp3) is 0.0714. The Balaban J connectivity index is 0.970. The average Bonchev–Trinajstić information content (AvgIpc) is 1.03. The Morgan fingerprint density at radius 1 is 0.198 bits per heavy atom. The summed E-state index contributed by atoms with van der Waals surface area (Å²) in [6, 6.07) is 110. The van der Waals surface area contributed by atoms with Crippen molar-refractivity contribution in [2.24, 2.45) is 0 Å². The Morgan fingerprint density at radius 2 is 0.512 bits per heavy atom. The first-order chi connectivity index (χ1) is 42.2. The molecule has 0 amide bonds. The molecule has 2 heteroatoms. The summed E-state index contributed by atoms with van der Waals surface area (Å²) in [6.45, 7) is 9.52. The van der Waals surface area contributed by atoms with Crippen molar-refractivity contribution >= 4 is 98.8 Å². The molecule has 0 bridgehead atoms. The molecule has 17 rings (SSSR count). The molecule has 0 spiro atoms. The van der Waals surface area contributed by atoms with E-state index in [1.54, 1.807) is 0 Å². The molecule has 0 aromatic heterocycles. The van der Waals surface area contributed by atoms with Crippen LogP contribution in [0.25, 0.3) is 109 Å². The van der Waals surface area contributed by atoms with Crippen LogP contribution in [0.15, 0.2) is 291 Å². The smallest absolute Gasteiger partial charge is 0.0468 e. The zero-order chi connectivity index (χ0) is 57.4. The van der Waals surface area contributed by atoms with E-state index in [9.17, 15) is 0 Å². The Hall–Kier alpha value is -10.5. The third-order valence-corrected chi connectivity index (χ3v) is 19.4. The van der Waals surface area contributed by atoms with E-state index < -0.39 is 0 Å². The van der Waals surface area contributed by atoms with Crippen LogP contribution in [0.2, 0.25) is 0 Å². The van der Waals surface area contributed by atoms with Crippen LogP contribution in [0, 0.1) is 0 Å². The van der Waals surface area contributed by atoms with Gasteiger partial charge in [-0.25, -0.2) is 0 Å². The lowest BCUT2D eigenvalue weighted by Gasteiger charge is -2.30. The molecule has 406 valence electrons. The van der Waals surface area contributed by atoms with Gasteiger partial charge in [0, 0.05) is 45.0 Å². The normalized spacial score (nSPS) is 13.5. The van der Waals surface area contributed by atoms with Crippen molar-refractivity contribution < 1.29 is 0 Å². The second-order valence-electron chi connectivity index (χ2n) is 24.8. The molecule has 0 atom stereocenters. The lowest BCUT2D eigenvalue weighted by atomic mass is 9.82. The molecule has 86 heavy (non-hydrogen) atoms. The number of hydrogen-bond donors (Lipinski definition) is 0. The highest BCUT2D eigenvalue weighted by Crippen LogP contribution is 2.55. The number of hydrogen-bond acceptors (Lipinski definition) is 2. The summed E-state index contributed by atoms with van der Waals surface area (Å²) in [5.41, 5.74) is 21.8. The predicted molar refractivity (Wildman–Crippen MR) is 367 cm³/mol. The van der Waals surface area contributed by atoms with E-state index in [-0.39, 0.29) is 10.8 Å². The SMILES string of the molecule is CC1(C)c2ccccc2-c2ccc(N(c3ccc4ccccc4c3)c3ccc4c(-c5cccc6ccccc56)c5cc(N(c6ccc7c(c6)C(C)(C)c6ccccc6-7)c6ccc7ccccc7c6)ccc5c(-c5cccc6ccccc56)c4c3)cc21. The van der Waals surface area contributed by atoms with Gasteiger partial charge in [-0.15, -0.1) is 0 Å². The Labute approximate surface area is 502 Å². The zero-order valence-electron chi connectivity index (χ0n) is 48.6. The van der Waals surface area contributed by atoms with Crippen LogP contribution < -0.4 is 9.80 Å². The molecule has 15 aromatic rings. The molecule has 0 fully saturated rings. The monoisotopic (exact) mass is 1100 g/mol. The van der Waals surface area contributed by atoms with Gasteiger partial charge in [0.15, 0.2) is 0 Å². The molecule has 0 saturated carbocycles. The lowest BCUT2D eigenvalue weighted by Crippen LogP contribution is -2.16. The van der Waals surface area contributed by atoms with E-state index in [2.05, 4.69) is 329 Å². The highest BCUT2D eigenvalue weighted by atomic mass is 15.1. The van der Waals surface area contributed by atoms with Gasteiger partial charge in [0.1, 0.15) is 0 Å². The molecule has 15 aromatic carbocycles. The van der Waals surface area contributed by atoms with Gasteiger partial charge in [0.2, 0.25) is 0 Å². The summed E-state index contributed by atoms with van der Waals surface area (Å²) in [6.07, 6.45) is 0. The fourth-order valence-corrected chi connectivity index (χ4v) is 15.1. The van der Waals surface area contributed by atoms with E-state index in [0.717, 1.165) is 34.1 Å². The van der Waals surface area contributed by atoms with Crippen molar-refractivity contribution in [1.29, 1.82) is 0 Å². The molecule has 2 aliphatic rings. The van der Waals surface area contributed by atoms with E-state index in [1.807, 2.05) is 0 Å². The quantitative estimate of drug-likeness (QED) is 0.140. The number of fused-ring (bicyclic) bond motifs is 12. The number of anilines is 6.